The Hall–Kier alpha value is -2.42. The van der Waals surface area contributed by atoms with Crippen molar-refractivity contribution in [3.05, 3.63) is 71.3 Å². The summed E-state index contributed by atoms with van der Waals surface area (Å²) in [5.74, 6) is -0.171. The van der Waals surface area contributed by atoms with Gasteiger partial charge in [0.25, 0.3) is 0 Å². The zero-order chi connectivity index (χ0) is 17.1. The number of benzene rings is 2. The predicted octanol–water partition coefficient (Wildman–Crippen LogP) is 3.65. The van der Waals surface area contributed by atoms with Crippen molar-refractivity contribution in [2.75, 3.05) is 0 Å². The van der Waals surface area contributed by atoms with E-state index in [0.717, 1.165) is 11.1 Å². The van der Waals surface area contributed by atoms with Crippen LogP contribution in [0.15, 0.2) is 54.6 Å². The molecule has 0 bridgehead atoms. The Labute approximate surface area is 142 Å². The molecule has 24 heavy (non-hydrogen) atoms. The van der Waals surface area contributed by atoms with Gasteiger partial charge in [0.2, 0.25) is 5.91 Å². The van der Waals surface area contributed by atoms with Crippen LogP contribution in [-0.2, 0) is 10.2 Å². The molecule has 1 fully saturated rings. The second-order valence-electron chi connectivity index (χ2n) is 7.48. The van der Waals surface area contributed by atoms with E-state index in [9.17, 15) is 9.59 Å². The Morgan fingerprint density at radius 3 is 2.38 bits per heavy atom. The topological polar surface area (TPSA) is 46.2 Å². The van der Waals surface area contributed by atoms with Crippen LogP contribution in [-0.4, -0.2) is 11.7 Å². The molecule has 0 spiro atoms. The van der Waals surface area contributed by atoms with Crippen molar-refractivity contribution in [2.24, 2.45) is 11.3 Å². The molecule has 2 aliphatic rings. The molecule has 0 aromatic heterocycles. The molecule has 1 N–H and O–H groups in total. The summed E-state index contributed by atoms with van der Waals surface area (Å²) in [6.45, 7) is 6.04. The van der Waals surface area contributed by atoms with E-state index in [1.54, 1.807) is 0 Å². The molecule has 3 atom stereocenters. The molecule has 3 heteroatoms. The first-order valence-electron chi connectivity index (χ1n) is 8.42. The first-order valence-corrected chi connectivity index (χ1v) is 8.42. The molecule has 0 unspecified atom stereocenters. The van der Waals surface area contributed by atoms with Gasteiger partial charge in [-0.3, -0.25) is 9.59 Å². The molecular weight excluding hydrogens is 298 g/mol. The summed E-state index contributed by atoms with van der Waals surface area (Å²) in [6.07, 6.45) is 0. The number of hydrogen-bond donors (Lipinski definition) is 1. The van der Waals surface area contributed by atoms with Crippen LogP contribution in [0.4, 0.5) is 0 Å². The number of carbonyl (C=O) groups is 2. The van der Waals surface area contributed by atoms with E-state index in [1.807, 2.05) is 75.4 Å². The second-order valence-corrected chi connectivity index (χ2v) is 7.48. The highest BCUT2D eigenvalue weighted by Gasteiger charge is 2.82. The van der Waals surface area contributed by atoms with Crippen molar-refractivity contribution in [2.45, 2.75) is 32.2 Å². The van der Waals surface area contributed by atoms with Gasteiger partial charge in [-0.15, -0.1) is 0 Å². The molecule has 3 nitrogen and oxygen atoms in total. The first kappa shape index (κ1) is 15.1. The van der Waals surface area contributed by atoms with Crippen LogP contribution in [0, 0.1) is 11.3 Å². The van der Waals surface area contributed by atoms with Crippen LogP contribution in [0.3, 0.4) is 0 Å². The summed E-state index contributed by atoms with van der Waals surface area (Å²) < 4.78 is 0. The number of amides is 1. The van der Waals surface area contributed by atoms with Crippen molar-refractivity contribution >= 4 is 11.7 Å². The number of nitrogens with one attached hydrogen (secondary N) is 1. The quantitative estimate of drug-likeness (QED) is 0.938. The predicted molar refractivity (Wildman–Crippen MR) is 92.7 cm³/mol. The Morgan fingerprint density at radius 2 is 1.67 bits per heavy atom. The van der Waals surface area contributed by atoms with E-state index in [0.29, 0.717) is 5.56 Å². The Kier molecular flexibility index (Phi) is 3.02. The number of carbonyl (C=O) groups excluding carboxylic acids is 2. The summed E-state index contributed by atoms with van der Waals surface area (Å²) in [5.41, 5.74) is 1.62. The van der Waals surface area contributed by atoms with Crippen LogP contribution in [0.5, 0.6) is 0 Å². The van der Waals surface area contributed by atoms with Crippen molar-refractivity contribution in [3.63, 3.8) is 0 Å². The molecule has 4 rings (SSSR count). The summed E-state index contributed by atoms with van der Waals surface area (Å²) in [7, 11) is 0. The Morgan fingerprint density at radius 1 is 1.04 bits per heavy atom. The molecule has 1 saturated carbocycles. The molecule has 122 valence electrons. The van der Waals surface area contributed by atoms with Crippen molar-refractivity contribution in [1.29, 1.82) is 0 Å². The lowest BCUT2D eigenvalue weighted by molar-refractivity contribution is -0.125. The lowest BCUT2D eigenvalue weighted by Gasteiger charge is -2.23. The first-order chi connectivity index (χ1) is 11.4. The van der Waals surface area contributed by atoms with E-state index < -0.39 is 5.41 Å². The minimum absolute atomic E-state index is 0.0350. The fourth-order valence-electron chi connectivity index (χ4n) is 4.67. The zero-order valence-electron chi connectivity index (χ0n) is 14.2. The average Bonchev–Trinajstić information content (AvgIpc) is 2.97. The van der Waals surface area contributed by atoms with Gasteiger partial charge in [0.05, 0.1) is 11.5 Å². The van der Waals surface area contributed by atoms with Crippen LogP contribution in [0.1, 0.15) is 48.3 Å². The molecule has 2 aromatic rings. The fourth-order valence-corrected chi connectivity index (χ4v) is 4.67. The van der Waals surface area contributed by atoms with Gasteiger partial charge in [0.1, 0.15) is 0 Å². The summed E-state index contributed by atoms with van der Waals surface area (Å²) in [6, 6.07) is 17.4. The minimum Gasteiger partial charge on any atom is -0.349 e. The lowest BCUT2D eigenvalue weighted by atomic mass is 9.84. The average molecular weight is 319 g/mol. The van der Waals surface area contributed by atoms with Gasteiger partial charge >= 0.3 is 0 Å². The number of Topliss-reactive ketones (excluding diaryl/α,β-unsaturated/α-hetero) is 1. The molecular formula is C21H21NO2. The largest absolute Gasteiger partial charge is 0.349 e. The lowest BCUT2D eigenvalue weighted by Crippen LogP contribution is -2.39. The maximum atomic E-state index is 13.3. The number of hydrogen-bond acceptors (Lipinski definition) is 2. The van der Waals surface area contributed by atoms with Gasteiger partial charge < -0.3 is 5.32 Å². The maximum absolute atomic E-state index is 13.3. The summed E-state index contributed by atoms with van der Waals surface area (Å²) in [4.78, 5) is 26.0. The second kappa shape index (κ2) is 4.79. The van der Waals surface area contributed by atoms with Crippen LogP contribution >= 0.6 is 0 Å². The van der Waals surface area contributed by atoms with Crippen molar-refractivity contribution < 1.29 is 9.59 Å². The highest BCUT2D eigenvalue weighted by atomic mass is 16.2. The third-order valence-electron chi connectivity index (χ3n) is 5.97. The number of rotatable bonds is 3. The molecule has 2 aliphatic carbocycles. The van der Waals surface area contributed by atoms with Crippen LogP contribution in [0.25, 0.3) is 0 Å². The molecule has 0 radical (unpaired) electrons. The number of ketones is 1. The Bertz CT molecular complexity index is 840. The minimum atomic E-state index is -0.719. The van der Waals surface area contributed by atoms with E-state index >= 15 is 0 Å². The maximum Gasteiger partial charge on any atom is 0.232 e. The molecule has 2 aromatic carbocycles. The highest BCUT2D eigenvalue weighted by Crippen LogP contribution is 2.74. The molecule has 0 aliphatic heterocycles. The van der Waals surface area contributed by atoms with Gasteiger partial charge in [-0.2, -0.15) is 0 Å². The van der Waals surface area contributed by atoms with E-state index in [1.165, 1.54) is 0 Å². The Balaban J connectivity index is 1.70. The van der Waals surface area contributed by atoms with Gasteiger partial charge in [0.15, 0.2) is 5.78 Å². The van der Waals surface area contributed by atoms with Gasteiger partial charge in [-0.1, -0.05) is 68.4 Å². The van der Waals surface area contributed by atoms with Crippen LogP contribution in [0.2, 0.25) is 0 Å². The summed E-state index contributed by atoms with van der Waals surface area (Å²) >= 11 is 0. The standard InChI is InChI=1S/C21H21NO2/c1-13(14-9-5-4-6-10-14)22-19(24)21-16-12-8-7-11-15(16)17(23)18(21)20(21,2)3/h4-13,18H,1-3H3,(H,22,24)/t13-,18+,21+/m0/s1. The van der Waals surface area contributed by atoms with Crippen molar-refractivity contribution in [3.8, 4) is 0 Å². The SMILES string of the molecule is C[C@H](NC(=O)[C@@]12c3ccccc3C(=O)[C@@H]1C2(C)C)c1ccccc1. The van der Waals surface area contributed by atoms with E-state index in [2.05, 4.69) is 5.32 Å². The number of fused-ring (bicyclic) bond motifs is 3. The molecule has 0 saturated heterocycles. The fraction of sp³-hybridized carbons (Fsp3) is 0.333. The molecule has 0 heterocycles. The zero-order valence-corrected chi connectivity index (χ0v) is 14.2. The van der Waals surface area contributed by atoms with Gasteiger partial charge in [-0.05, 0) is 23.5 Å². The third kappa shape index (κ3) is 1.67. The monoisotopic (exact) mass is 319 g/mol. The van der Waals surface area contributed by atoms with E-state index in [-0.39, 0.29) is 29.1 Å². The van der Waals surface area contributed by atoms with Gasteiger partial charge in [-0.25, -0.2) is 0 Å². The van der Waals surface area contributed by atoms with E-state index in [4.69, 9.17) is 0 Å². The normalized spacial score (nSPS) is 27.1. The van der Waals surface area contributed by atoms with Crippen molar-refractivity contribution in [1.82, 2.24) is 5.32 Å². The highest BCUT2D eigenvalue weighted by molar-refractivity contribution is 6.16. The van der Waals surface area contributed by atoms with Crippen LogP contribution < -0.4 is 5.32 Å². The van der Waals surface area contributed by atoms with Gasteiger partial charge in [0, 0.05) is 11.5 Å². The smallest absolute Gasteiger partial charge is 0.232 e. The summed E-state index contributed by atoms with van der Waals surface area (Å²) in [5, 5.41) is 3.15. The third-order valence-corrected chi connectivity index (χ3v) is 5.97. The molecule has 1 amide bonds.